The monoisotopic (exact) mass is 149 g/mol. The van der Waals surface area contributed by atoms with Crippen molar-refractivity contribution in [2.45, 2.75) is 0 Å². The maximum Gasteiger partial charge on any atom is 2.00 e. The number of halogens is 2. The van der Waals surface area contributed by atoms with Crippen molar-refractivity contribution in [3.05, 3.63) is 0 Å². The van der Waals surface area contributed by atoms with Crippen LogP contribution in [0.25, 0.3) is 0 Å². The Labute approximate surface area is 45.0 Å². The third-order valence-corrected chi connectivity index (χ3v) is 0. The Morgan fingerprint density at radius 3 is 1.25 bits per heavy atom. The van der Waals surface area contributed by atoms with Gasteiger partial charge in [0.05, 0.1) is 23.7 Å². The number of hydrogen-bond donors (Lipinski definition) is 0. The summed E-state index contributed by atoms with van der Waals surface area (Å²) in [5.41, 5.74) is 0. The summed E-state index contributed by atoms with van der Waals surface area (Å²) in [5, 5.41) is 0. The molecule has 0 aromatic heterocycles. The van der Waals surface area contributed by atoms with E-state index >= 15 is 0 Å². The molecule has 0 fully saturated rings. The molecule has 0 heterocycles. The molecule has 0 aliphatic heterocycles. The third kappa shape index (κ3) is 11.6. The van der Waals surface area contributed by atoms with E-state index in [0.29, 0.717) is 0 Å². The Morgan fingerprint density at radius 2 is 1.25 bits per heavy atom. The van der Waals surface area contributed by atoms with Crippen LogP contribution in [0.5, 0.6) is 0 Å². The van der Waals surface area contributed by atoms with Crippen molar-refractivity contribution in [3.8, 4) is 0 Å². The molecule has 0 saturated carbocycles. The molecule has 1 radical (unpaired) electrons. The fourth-order valence-electron chi connectivity index (χ4n) is 0. The van der Waals surface area contributed by atoms with Crippen LogP contribution in [0.2, 0.25) is 0 Å². The van der Waals surface area contributed by atoms with E-state index in [0.717, 1.165) is 0 Å². The zero-order chi connectivity index (χ0) is 2.71. The predicted molar refractivity (Wildman–Crippen MR) is 12.8 cm³/mol. The van der Waals surface area contributed by atoms with E-state index in [9.17, 15) is 0 Å². The molecule has 0 spiro atoms. The molecule has 4 heteroatoms. The van der Waals surface area contributed by atoms with E-state index in [2.05, 4.69) is 27.6 Å². The molecule has 1 nitrogen and oxygen atoms in total. The van der Waals surface area contributed by atoms with Crippen molar-refractivity contribution in [1.29, 1.82) is 0 Å². The van der Waals surface area contributed by atoms with E-state index in [1.54, 1.807) is 0 Å². The second kappa shape index (κ2) is 8.96. The van der Waals surface area contributed by atoms with Gasteiger partial charge in [0.15, 0.2) is 0 Å². The van der Waals surface area contributed by atoms with Gasteiger partial charge < -0.3 is 0 Å². The molecule has 0 aromatic carbocycles. The zero-order valence-electron chi connectivity index (χ0n) is 1.47. The van der Waals surface area contributed by atoms with Crippen molar-refractivity contribution in [2.24, 2.45) is 0 Å². The minimum Gasteiger partial charge on any atom is -0.166 e. The normalized spacial score (nSPS) is 4.50. The Balaban J connectivity index is 0. The first kappa shape index (κ1) is 8.91. The first-order chi connectivity index (χ1) is 1.41. The molecule has 0 amide bonds. The van der Waals surface area contributed by atoms with Crippen LogP contribution in [0.4, 0.5) is 0 Å². The van der Waals surface area contributed by atoms with Gasteiger partial charge in [-0.25, -0.2) is 0 Å². The fraction of sp³-hybridized carbons (Fsp3) is 0. The standard InChI is InChI=1S/Cl2O.Cu/c1-3-2;/q;+2. The van der Waals surface area contributed by atoms with Gasteiger partial charge in [-0.15, -0.1) is 0 Å². The van der Waals surface area contributed by atoms with Gasteiger partial charge in [-0.05, 0) is 0 Å². The van der Waals surface area contributed by atoms with Crippen LogP contribution in [0.3, 0.4) is 0 Å². The van der Waals surface area contributed by atoms with Gasteiger partial charge in [-0.3, -0.25) is 0 Å². The Kier molecular flexibility index (Phi) is 19.9. The fourth-order valence-corrected chi connectivity index (χ4v) is 0. The molecular formula is Cl2CuO+2. The van der Waals surface area contributed by atoms with Gasteiger partial charge in [-0.1, -0.05) is 0 Å². The molecule has 0 rings (SSSR count). The summed E-state index contributed by atoms with van der Waals surface area (Å²) >= 11 is 8.53. The van der Waals surface area contributed by atoms with Crippen LogP contribution < -0.4 is 0 Å². The predicted octanol–water partition coefficient (Wildman–Crippen LogP) is 1.31. The number of rotatable bonds is 0. The molecule has 0 unspecified atom stereocenters. The summed E-state index contributed by atoms with van der Waals surface area (Å²) in [7, 11) is 0. The summed E-state index contributed by atoms with van der Waals surface area (Å²) in [5.74, 6) is 0. The Morgan fingerprint density at radius 1 is 1.25 bits per heavy atom. The molecule has 0 bridgehead atoms. The van der Waals surface area contributed by atoms with Gasteiger partial charge in [0.2, 0.25) is 0 Å². The van der Waals surface area contributed by atoms with Crippen molar-refractivity contribution in [2.75, 3.05) is 0 Å². The minimum atomic E-state index is 0. The third-order valence-electron chi connectivity index (χ3n) is 0. The molecule has 0 aliphatic rings. The van der Waals surface area contributed by atoms with Crippen LogP contribution in [0.15, 0.2) is 0 Å². The Bertz CT molecular complexity index is 6.00. The first-order valence-electron chi connectivity index (χ1n) is 0.309. The quantitative estimate of drug-likeness (QED) is 0.473. The van der Waals surface area contributed by atoms with Crippen molar-refractivity contribution < 1.29 is 20.9 Å². The van der Waals surface area contributed by atoms with E-state index in [-0.39, 0.29) is 17.1 Å². The molecule has 0 atom stereocenters. The van der Waals surface area contributed by atoms with Crippen LogP contribution >= 0.6 is 23.7 Å². The molecule has 0 saturated heterocycles. The maximum absolute atomic E-state index is 4.26. The number of hydrogen-bond acceptors (Lipinski definition) is 1. The van der Waals surface area contributed by atoms with Crippen LogP contribution in [-0.2, 0) is 20.9 Å². The zero-order valence-corrected chi connectivity index (χ0v) is 3.92. The van der Waals surface area contributed by atoms with Crippen molar-refractivity contribution in [1.82, 2.24) is 0 Å². The molecule has 0 aromatic rings. The van der Waals surface area contributed by atoms with Crippen molar-refractivity contribution >= 4 is 23.7 Å². The van der Waals surface area contributed by atoms with Gasteiger partial charge in [-0.2, -0.15) is 3.84 Å². The van der Waals surface area contributed by atoms with Crippen LogP contribution in [-0.4, -0.2) is 0 Å². The summed E-state index contributed by atoms with van der Waals surface area (Å²) in [6.07, 6.45) is 0. The maximum atomic E-state index is 4.26. The topological polar surface area (TPSA) is 9.23 Å². The van der Waals surface area contributed by atoms with Gasteiger partial charge in [0.25, 0.3) is 0 Å². The SMILES string of the molecule is ClOCl.[Cu+2]. The first-order valence-corrected chi connectivity index (χ1v) is 0.926. The molecule has 0 N–H and O–H groups in total. The average Bonchev–Trinajstić information content (AvgIpc) is 0.918. The second-order valence-electron chi connectivity index (χ2n) is 0.0583. The van der Waals surface area contributed by atoms with Gasteiger partial charge in [0.1, 0.15) is 0 Å². The van der Waals surface area contributed by atoms with Crippen LogP contribution in [0, 0.1) is 0 Å². The minimum absolute atomic E-state index is 0. The molecule has 29 valence electrons. The van der Waals surface area contributed by atoms with Gasteiger partial charge >= 0.3 is 17.1 Å². The average molecular weight is 150 g/mol. The summed E-state index contributed by atoms with van der Waals surface area (Å²) in [6, 6.07) is 0. The molecule has 0 aliphatic carbocycles. The van der Waals surface area contributed by atoms with E-state index in [1.165, 1.54) is 0 Å². The molecular weight excluding hydrogens is 150 g/mol. The summed E-state index contributed by atoms with van der Waals surface area (Å²) < 4.78 is 3.19. The largest absolute Gasteiger partial charge is 2.00 e. The van der Waals surface area contributed by atoms with Crippen LogP contribution in [0.1, 0.15) is 0 Å². The smallest absolute Gasteiger partial charge is 0.166 e. The Hall–Kier alpha value is 1.06. The van der Waals surface area contributed by atoms with Gasteiger partial charge in [0, 0.05) is 0 Å². The van der Waals surface area contributed by atoms with E-state index in [1.807, 2.05) is 0 Å². The molecule has 4 heavy (non-hydrogen) atoms. The summed E-state index contributed by atoms with van der Waals surface area (Å²) in [4.78, 5) is 0. The van der Waals surface area contributed by atoms with E-state index in [4.69, 9.17) is 0 Å². The summed E-state index contributed by atoms with van der Waals surface area (Å²) in [6.45, 7) is 0. The van der Waals surface area contributed by atoms with Crippen molar-refractivity contribution in [3.63, 3.8) is 0 Å². The van der Waals surface area contributed by atoms with E-state index < -0.39 is 0 Å². The second-order valence-corrected chi connectivity index (χ2v) is 0.525.